The molecule has 0 aliphatic carbocycles. The van der Waals surface area contributed by atoms with Crippen LogP contribution in [0.25, 0.3) is 0 Å². The van der Waals surface area contributed by atoms with Gasteiger partial charge in [-0.25, -0.2) is 0 Å². The highest BCUT2D eigenvalue weighted by molar-refractivity contribution is 4.62. The summed E-state index contributed by atoms with van der Waals surface area (Å²) in [5.41, 5.74) is 0. The molecule has 0 aromatic heterocycles. The summed E-state index contributed by atoms with van der Waals surface area (Å²) in [6, 6.07) is 0. The van der Waals surface area contributed by atoms with Crippen molar-refractivity contribution in [2.24, 2.45) is 0 Å². The number of likely N-dealkylation sites (N-methyl/N-ethyl adjacent to an activating group) is 2. The summed E-state index contributed by atoms with van der Waals surface area (Å²) in [4.78, 5) is 4.10. The molecule has 1 unspecified atom stereocenters. The molecule has 0 aromatic rings. The zero-order valence-electron chi connectivity index (χ0n) is 9.25. The lowest BCUT2D eigenvalue weighted by Gasteiger charge is -2.17. The Morgan fingerprint density at radius 3 is 2.23 bits per heavy atom. The second-order valence-electron chi connectivity index (χ2n) is 3.92. The smallest absolute Gasteiger partial charge is 0.0791 e. The van der Waals surface area contributed by atoms with Crippen LogP contribution in [0, 0.1) is 0 Å². The van der Waals surface area contributed by atoms with E-state index in [9.17, 15) is 5.11 Å². The van der Waals surface area contributed by atoms with Gasteiger partial charge in [0.25, 0.3) is 0 Å². The molecular formula is C9H23N3O. The van der Waals surface area contributed by atoms with Crippen LogP contribution in [0.1, 0.15) is 0 Å². The summed E-state index contributed by atoms with van der Waals surface area (Å²) < 4.78 is 0. The van der Waals surface area contributed by atoms with Gasteiger partial charge in [0, 0.05) is 26.2 Å². The molecular weight excluding hydrogens is 166 g/mol. The van der Waals surface area contributed by atoms with Gasteiger partial charge in [-0.1, -0.05) is 0 Å². The Balaban J connectivity index is 3.22. The van der Waals surface area contributed by atoms with Crippen molar-refractivity contribution in [3.05, 3.63) is 0 Å². The normalized spacial score (nSPS) is 14.1. The largest absolute Gasteiger partial charge is 0.390 e. The van der Waals surface area contributed by atoms with Gasteiger partial charge in [-0.3, -0.25) is 0 Å². The number of nitrogens with zero attached hydrogens (tertiary/aromatic N) is 2. The van der Waals surface area contributed by atoms with Gasteiger partial charge in [0.05, 0.1) is 6.10 Å². The van der Waals surface area contributed by atoms with Crippen molar-refractivity contribution in [3.63, 3.8) is 0 Å². The lowest BCUT2D eigenvalue weighted by atomic mass is 10.3. The fraction of sp³-hybridized carbons (Fsp3) is 1.00. The molecule has 0 saturated heterocycles. The molecule has 13 heavy (non-hydrogen) atoms. The molecule has 4 heteroatoms. The first kappa shape index (κ1) is 12.8. The molecule has 0 heterocycles. The van der Waals surface area contributed by atoms with Crippen LogP contribution in [0.3, 0.4) is 0 Å². The fourth-order valence-corrected chi connectivity index (χ4v) is 1.06. The fourth-order valence-electron chi connectivity index (χ4n) is 1.06. The SMILES string of the molecule is CN(C)CCNCC(O)CN(C)C. The first-order chi connectivity index (χ1) is 6.02. The van der Waals surface area contributed by atoms with Crippen LogP contribution in [-0.2, 0) is 0 Å². The predicted molar refractivity (Wildman–Crippen MR) is 56.0 cm³/mol. The molecule has 1 atom stereocenters. The topological polar surface area (TPSA) is 38.7 Å². The number of hydrogen-bond donors (Lipinski definition) is 2. The molecule has 0 aliphatic heterocycles. The van der Waals surface area contributed by atoms with Crippen LogP contribution in [0.2, 0.25) is 0 Å². The molecule has 2 N–H and O–H groups in total. The van der Waals surface area contributed by atoms with E-state index in [4.69, 9.17) is 0 Å². The molecule has 80 valence electrons. The molecule has 0 aromatic carbocycles. The van der Waals surface area contributed by atoms with E-state index in [1.54, 1.807) is 0 Å². The minimum absolute atomic E-state index is 0.267. The van der Waals surface area contributed by atoms with Crippen molar-refractivity contribution in [1.29, 1.82) is 0 Å². The molecule has 0 radical (unpaired) electrons. The van der Waals surface area contributed by atoms with Gasteiger partial charge < -0.3 is 20.2 Å². The maximum Gasteiger partial charge on any atom is 0.0791 e. The quantitative estimate of drug-likeness (QED) is 0.507. The second kappa shape index (κ2) is 7.26. The summed E-state index contributed by atoms with van der Waals surface area (Å²) >= 11 is 0. The van der Waals surface area contributed by atoms with E-state index in [2.05, 4.69) is 10.2 Å². The van der Waals surface area contributed by atoms with Gasteiger partial charge in [-0.15, -0.1) is 0 Å². The van der Waals surface area contributed by atoms with E-state index in [0.717, 1.165) is 19.6 Å². The molecule has 0 aliphatic rings. The van der Waals surface area contributed by atoms with E-state index in [1.807, 2.05) is 33.1 Å². The summed E-state index contributed by atoms with van der Waals surface area (Å²) in [6.45, 7) is 3.33. The van der Waals surface area contributed by atoms with Crippen LogP contribution < -0.4 is 5.32 Å². The molecule has 0 amide bonds. The maximum absolute atomic E-state index is 9.47. The molecule has 0 spiro atoms. The van der Waals surface area contributed by atoms with Crippen molar-refractivity contribution in [2.75, 3.05) is 54.4 Å². The Bertz CT molecular complexity index is 117. The van der Waals surface area contributed by atoms with Gasteiger partial charge in [0.1, 0.15) is 0 Å². The van der Waals surface area contributed by atoms with Crippen molar-refractivity contribution in [3.8, 4) is 0 Å². The minimum Gasteiger partial charge on any atom is -0.390 e. The number of aliphatic hydroxyl groups excluding tert-OH is 1. The predicted octanol–water partition coefficient (Wildman–Crippen LogP) is -0.940. The molecule has 0 bridgehead atoms. The third kappa shape index (κ3) is 9.76. The number of rotatable bonds is 7. The van der Waals surface area contributed by atoms with Gasteiger partial charge in [-0.05, 0) is 28.2 Å². The summed E-state index contributed by atoms with van der Waals surface area (Å²) in [7, 11) is 8.00. The van der Waals surface area contributed by atoms with Gasteiger partial charge in [-0.2, -0.15) is 0 Å². The van der Waals surface area contributed by atoms with E-state index in [0.29, 0.717) is 6.54 Å². The third-order valence-corrected chi connectivity index (χ3v) is 1.69. The second-order valence-corrected chi connectivity index (χ2v) is 3.92. The monoisotopic (exact) mass is 189 g/mol. The van der Waals surface area contributed by atoms with E-state index < -0.39 is 0 Å². The molecule has 4 nitrogen and oxygen atoms in total. The average Bonchev–Trinajstić information content (AvgIpc) is 1.96. The molecule has 0 fully saturated rings. The first-order valence-corrected chi connectivity index (χ1v) is 4.70. The standard InChI is InChI=1S/C9H23N3O/c1-11(2)6-5-10-7-9(13)8-12(3)4/h9-10,13H,5-8H2,1-4H3. The molecule has 0 rings (SSSR count). The van der Waals surface area contributed by atoms with Gasteiger partial charge in [0.15, 0.2) is 0 Å². The van der Waals surface area contributed by atoms with E-state index in [1.165, 1.54) is 0 Å². The van der Waals surface area contributed by atoms with Crippen LogP contribution in [-0.4, -0.2) is 75.4 Å². The van der Waals surface area contributed by atoms with E-state index in [-0.39, 0.29) is 6.10 Å². The van der Waals surface area contributed by atoms with E-state index >= 15 is 0 Å². The van der Waals surface area contributed by atoms with Crippen LogP contribution in [0.5, 0.6) is 0 Å². The minimum atomic E-state index is -0.267. The average molecular weight is 189 g/mol. The summed E-state index contributed by atoms with van der Waals surface area (Å²) in [5.74, 6) is 0. The highest BCUT2D eigenvalue weighted by Gasteiger charge is 2.03. The third-order valence-electron chi connectivity index (χ3n) is 1.69. The summed E-state index contributed by atoms with van der Waals surface area (Å²) in [5, 5.41) is 12.7. The Kier molecular flexibility index (Phi) is 7.17. The Hall–Kier alpha value is -0.160. The Morgan fingerprint density at radius 1 is 1.15 bits per heavy atom. The highest BCUT2D eigenvalue weighted by Crippen LogP contribution is 1.83. The Labute approximate surface area is 81.5 Å². The Morgan fingerprint density at radius 2 is 1.77 bits per heavy atom. The van der Waals surface area contributed by atoms with Crippen LogP contribution in [0.15, 0.2) is 0 Å². The number of aliphatic hydroxyl groups is 1. The van der Waals surface area contributed by atoms with Crippen molar-refractivity contribution in [1.82, 2.24) is 15.1 Å². The highest BCUT2D eigenvalue weighted by atomic mass is 16.3. The lowest BCUT2D eigenvalue weighted by Crippen LogP contribution is -2.37. The number of hydrogen-bond acceptors (Lipinski definition) is 4. The maximum atomic E-state index is 9.47. The molecule has 0 saturated carbocycles. The van der Waals surface area contributed by atoms with Crippen LogP contribution in [0.4, 0.5) is 0 Å². The zero-order chi connectivity index (χ0) is 10.3. The number of nitrogens with one attached hydrogen (secondary N) is 1. The van der Waals surface area contributed by atoms with Crippen molar-refractivity contribution in [2.45, 2.75) is 6.10 Å². The van der Waals surface area contributed by atoms with Crippen molar-refractivity contribution >= 4 is 0 Å². The zero-order valence-corrected chi connectivity index (χ0v) is 9.25. The summed E-state index contributed by atoms with van der Waals surface area (Å²) in [6.07, 6.45) is -0.267. The lowest BCUT2D eigenvalue weighted by molar-refractivity contribution is 0.134. The van der Waals surface area contributed by atoms with Crippen molar-refractivity contribution < 1.29 is 5.11 Å². The van der Waals surface area contributed by atoms with Gasteiger partial charge >= 0.3 is 0 Å². The first-order valence-electron chi connectivity index (χ1n) is 4.70. The van der Waals surface area contributed by atoms with Crippen LogP contribution >= 0.6 is 0 Å². The van der Waals surface area contributed by atoms with Gasteiger partial charge in [0.2, 0.25) is 0 Å².